The molecular weight excluding hydrogens is 357 g/mol. The number of allylic oxidation sites excluding steroid dienone is 1. The molecule has 1 amide bonds. The Bertz CT molecular complexity index is 1020. The zero-order valence-corrected chi connectivity index (χ0v) is 16.5. The Labute approximate surface area is 164 Å². The molecule has 0 saturated carbocycles. The van der Waals surface area contributed by atoms with Gasteiger partial charge >= 0.3 is 0 Å². The Balaban J connectivity index is 2.05. The van der Waals surface area contributed by atoms with Gasteiger partial charge in [-0.15, -0.1) is 0 Å². The number of furan rings is 1. The van der Waals surface area contributed by atoms with Crippen LogP contribution in [0.2, 0.25) is 0 Å². The number of rotatable bonds is 6. The van der Waals surface area contributed by atoms with Gasteiger partial charge in [0, 0.05) is 34.7 Å². The molecule has 28 heavy (non-hydrogen) atoms. The molecule has 0 radical (unpaired) electrons. The number of nitrogens with one attached hydrogen (secondary N) is 1. The summed E-state index contributed by atoms with van der Waals surface area (Å²) >= 11 is 0. The van der Waals surface area contributed by atoms with Crippen molar-refractivity contribution in [2.75, 3.05) is 7.11 Å². The fourth-order valence-corrected chi connectivity index (χ4v) is 3.05. The number of ether oxygens (including phenoxy) is 1. The molecule has 0 saturated heterocycles. The zero-order valence-electron chi connectivity index (χ0n) is 16.5. The second-order valence-corrected chi connectivity index (χ2v) is 6.85. The van der Waals surface area contributed by atoms with Crippen LogP contribution in [0.5, 0.6) is 5.75 Å². The van der Waals surface area contributed by atoms with E-state index in [0.29, 0.717) is 11.3 Å². The average Bonchev–Trinajstić information content (AvgIpc) is 3.10. The molecule has 0 spiro atoms. The minimum atomic E-state index is -0.287. The van der Waals surface area contributed by atoms with Crippen molar-refractivity contribution >= 4 is 22.4 Å². The highest BCUT2D eigenvalue weighted by Crippen LogP contribution is 2.37. The Hall–Kier alpha value is -3.08. The molecule has 0 aliphatic heterocycles. The third-order valence-electron chi connectivity index (χ3n) is 4.82. The van der Waals surface area contributed by atoms with E-state index in [4.69, 9.17) is 9.15 Å². The van der Waals surface area contributed by atoms with E-state index in [9.17, 15) is 9.18 Å². The van der Waals surface area contributed by atoms with Crippen molar-refractivity contribution in [2.45, 2.75) is 33.2 Å². The predicted octanol–water partition coefficient (Wildman–Crippen LogP) is 5.57. The maximum absolute atomic E-state index is 13.3. The average molecular weight is 381 g/mol. The molecule has 3 aromatic rings. The van der Waals surface area contributed by atoms with Crippen LogP contribution >= 0.6 is 0 Å². The number of amides is 1. The quantitative estimate of drug-likeness (QED) is 0.568. The topological polar surface area (TPSA) is 51.5 Å². The number of halogens is 1. The van der Waals surface area contributed by atoms with Gasteiger partial charge in [0.1, 0.15) is 17.1 Å². The maximum atomic E-state index is 13.3. The van der Waals surface area contributed by atoms with Gasteiger partial charge in [0.2, 0.25) is 5.91 Å². The Morgan fingerprint density at radius 1 is 1.29 bits per heavy atom. The molecule has 146 valence electrons. The zero-order chi connectivity index (χ0) is 20.3. The number of carbonyl (C=O) groups excluding carboxylic acids is 1. The highest BCUT2D eigenvalue weighted by atomic mass is 19.1. The van der Waals surface area contributed by atoms with Crippen molar-refractivity contribution in [3.63, 3.8) is 0 Å². The molecule has 0 aliphatic carbocycles. The van der Waals surface area contributed by atoms with E-state index in [-0.39, 0.29) is 17.8 Å². The first kappa shape index (κ1) is 19.7. The van der Waals surface area contributed by atoms with Crippen molar-refractivity contribution in [3.05, 3.63) is 60.1 Å². The largest absolute Gasteiger partial charge is 0.496 e. The molecule has 2 aromatic carbocycles. The lowest BCUT2D eigenvalue weighted by Gasteiger charge is -2.12. The van der Waals surface area contributed by atoms with Crippen LogP contribution in [0, 0.1) is 5.82 Å². The van der Waals surface area contributed by atoms with Gasteiger partial charge in [-0.1, -0.05) is 19.1 Å². The first-order chi connectivity index (χ1) is 13.4. The summed E-state index contributed by atoms with van der Waals surface area (Å²) in [7, 11) is 1.58. The molecule has 0 bridgehead atoms. The van der Waals surface area contributed by atoms with E-state index in [1.165, 1.54) is 12.1 Å². The summed E-state index contributed by atoms with van der Waals surface area (Å²) in [5.41, 5.74) is 3.96. The maximum Gasteiger partial charge on any atom is 0.244 e. The van der Waals surface area contributed by atoms with Crippen LogP contribution in [0.3, 0.4) is 0 Å². The minimum absolute atomic E-state index is 0.111. The van der Waals surface area contributed by atoms with Crippen LogP contribution in [-0.4, -0.2) is 19.1 Å². The molecule has 5 heteroatoms. The Kier molecular flexibility index (Phi) is 5.83. The second-order valence-electron chi connectivity index (χ2n) is 6.85. The molecule has 1 N–H and O–H groups in total. The van der Waals surface area contributed by atoms with E-state index in [1.807, 2.05) is 32.9 Å². The Morgan fingerprint density at radius 3 is 2.64 bits per heavy atom. The summed E-state index contributed by atoms with van der Waals surface area (Å²) in [6, 6.07) is 10.1. The van der Waals surface area contributed by atoms with Crippen molar-refractivity contribution in [2.24, 2.45) is 0 Å². The minimum Gasteiger partial charge on any atom is -0.496 e. The van der Waals surface area contributed by atoms with Gasteiger partial charge < -0.3 is 14.5 Å². The molecule has 0 fully saturated rings. The van der Waals surface area contributed by atoms with Gasteiger partial charge in [-0.3, -0.25) is 4.79 Å². The SMILES string of the molecule is CCC(C)NC(=O)/C=C(\C)c1cc2c(-c3ccc(F)cc3)coc2cc1OC. The first-order valence-corrected chi connectivity index (χ1v) is 9.27. The highest BCUT2D eigenvalue weighted by molar-refractivity contribution is 6.00. The number of fused-ring (bicyclic) bond motifs is 1. The summed E-state index contributed by atoms with van der Waals surface area (Å²) in [5.74, 6) is 0.197. The van der Waals surface area contributed by atoms with Crippen LogP contribution in [0.1, 0.15) is 32.8 Å². The molecule has 1 heterocycles. The number of hydrogen-bond donors (Lipinski definition) is 1. The molecular formula is C23H24FNO3. The van der Waals surface area contributed by atoms with Gasteiger partial charge in [-0.25, -0.2) is 4.39 Å². The summed E-state index contributed by atoms with van der Waals surface area (Å²) < 4.78 is 24.5. The van der Waals surface area contributed by atoms with E-state index in [2.05, 4.69) is 5.32 Å². The van der Waals surface area contributed by atoms with E-state index in [1.54, 1.807) is 31.6 Å². The molecule has 4 nitrogen and oxygen atoms in total. The lowest BCUT2D eigenvalue weighted by Crippen LogP contribution is -2.30. The highest BCUT2D eigenvalue weighted by Gasteiger charge is 2.15. The van der Waals surface area contributed by atoms with Gasteiger partial charge in [-0.05, 0) is 49.6 Å². The van der Waals surface area contributed by atoms with Crippen molar-refractivity contribution in [3.8, 4) is 16.9 Å². The van der Waals surface area contributed by atoms with Gasteiger partial charge in [0.15, 0.2) is 0 Å². The normalized spacial score (nSPS) is 12.8. The first-order valence-electron chi connectivity index (χ1n) is 9.27. The number of benzene rings is 2. The molecule has 3 rings (SSSR count). The van der Waals surface area contributed by atoms with E-state index >= 15 is 0 Å². The van der Waals surface area contributed by atoms with E-state index < -0.39 is 0 Å². The number of carbonyl (C=O) groups is 1. The number of hydrogen-bond acceptors (Lipinski definition) is 3. The smallest absolute Gasteiger partial charge is 0.244 e. The molecule has 1 aromatic heterocycles. The summed E-state index contributed by atoms with van der Waals surface area (Å²) in [4.78, 5) is 12.2. The third-order valence-corrected chi connectivity index (χ3v) is 4.82. The van der Waals surface area contributed by atoms with Gasteiger partial charge in [-0.2, -0.15) is 0 Å². The van der Waals surface area contributed by atoms with Crippen LogP contribution in [-0.2, 0) is 4.79 Å². The molecule has 1 unspecified atom stereocenters. The van der Waals surface area contributed by atoms with Gasteiger partial charge in [0.25, 0.3) is 0 Å². The molecule has 0 aliphatic rings. The van der Waals surface area contributed by atoms with Crippen molar-refractivity contribution in [1.29, 1.82) is 0 Å². The predicted molar refractivity (Wildman–Crippen MR) is 110 cm³/mol. The number of methoxy groups -OCH3 is 1. The fourth-order valence-electron chi connectivity index (χ4n) is 3.05. The van der Waals surface area contributed by atoms with Gasteiger partial charge in [0.05, 0.1) is 13.4 Å². The van der Waals surface area contributed by atoms with Crippen molar-refractivity contribution < 1.29 is 18.3 Å². The van der Waals surface area contributed by atoms with Crippen molar-refractivity contribution in [1.82, 2.24) is 5.32 Å². The van der Waals surface area contributed by atoms with Crippen LogP contribution in [0.25, 0.3) is 27.7 Å². The van der Waals surface area contributed by atoms with Crippen LogP contribution in [0.4, 0.5) is 4.39 Å². The summed E-state index contributed by atoms with van der Waals surface area (Å²) in [5, 5.41) is 3.80. The standard InChI is InChI=1S/C23H24FNO3/c1-5-15(3)25-23(26)10-14(2)18-11-19-20(16-6-8-17(24)9-7-16)13-28-22(19)12-21(18)27-4/h6-13,15H,5H2,1-4H3,(H,25,26)/b14-10+. The van der Waals surface area contributed by atoms with Crippen LogP contribution in [0.15, 0.2) is 53.2 Å². The molecule has 1 atom stereocenters. The second kappa shape index (κ2) is 8.30. The summed E-state index contributed by atoms with van der Waals surface area (Å²) in [6.45, 7) is 5.86. The lowest BCUT2D eigenvalue weighted by molar-refractivity contribution is -0.117. The summed E-state index contributed by atoms with van der Waals surface area (Å²) in [6.07, 6.45) is 4.09. The monoisotopic (exact) mass is 381 g/mol. The third kappa shape index (κ3) is 4.09. The Morgan fingerprint density at radius 2 is 2.00 bits per heavy atom. The lowest BCUT2D eigenvalue weighted by atomic mass is 9.99. The van der Waals surface area contributed by atoms with Crippen LogP contribution < -0.4 is 10.1 Å². The fraction of sp³-hybridized carbons (Fsp3) is 0.261. The van der Waals surface area contributed by atoms with E-state index in [0.717, 1.165) is 34.1 Å².